The predicted octanol–water partition coefficient (Wildman–Crippen LogP) is 2.33. The van der Waals surface area contributed by atoms with Gasteiger partial charge in [-0.05, 0) is 56.4 Å². The van der Waals surface area contributed by atoms with E-state index < -0.39 is 15.9 Å². The summed E-state index contributed by atoms with van der Waals surface area (Å²) in [7, 11) is -1.88. The first-order chi connectivity index (χ1) is 19.4. The minimum atomic E-state index is -3.68. The van der Waals surface area contributed by atoms with Crippen molar-refractivity contribution in [2.24, 2.45) is 13.0 Å². The summed E-state index contributed by atoms with van der Waals surface area (Å²) in [5.41, 5.74) is 9.66. The molecule has 2 aliphatic rings. The molecule has 0 bridgehead atoms. The second-order valence-electron chi connectivity index (χ2n) is 10.9. The van der Waals surface area contributed by atoms with Gasteiger partial charge in [0.25, 0.3) is 11.8 Å². The van der Waals surface area contributed by atoms with Crippen LogP contribution in [-0.2, 0) is 23.6 Å². The van der Waals surface area contributed by atoms with Crippen LogP contribution >= 0.6 is 0 Å². The van der Waals surface area contributed by atoms with Gasteiger partial charge in [-0.3, -0.25) is 19.0 Å². The number of hydrogen-bond donors (Lipinski definition) is 3. The molecule has 4 heterocycles. The van der Waals surface area contributed by atoms with E-state index in [1.807, 2.05) is 26.1 Å². The van der Waals surface area contributed by atoms with Crippen molar-refractivity contribution in [3.05, 3.63) is 59.0 Å². The predicted molar refractivity (Wildman–Crippen MR) is 152 cm³/mol. The quantitative estimate of drug-likeness (QED) is 0.287. The molecule has 4 N–H and O–H groups in total. The number of nitrogens with one attached hydrogen (secondary N) is 2. The fraction of sp³-hybridized carbons (Fsp3) is 0.370. The van der Waals surface area contributed by atoms with Gasteiger partial charge in [0, 0.05) is 43.2 Å². The third-order valence-electron chi connectivity index (χ3n) is 7.73. The molecule has 2 atom stereocenters. The van der Waals surface area contributed by atoms with E-state index >= 15 is 0 Å². The molecular formula is C27H31N9O4S. The van der Waals surface area contributed by atoms with Crippen molar-refractivity contribution in [1.29, 1.82) is 0 Å². The normalized spacial score (nSPS) is 16.6. The lowest BCUT2D eigenvalue weighted by Gasteiger charge is -2.24. The summed E-state index contributed by atoms with van der Waals surface area (Å²) >= 11 is 0. The molecule has 2 amide bonds. The third-order valence-corrected chi connectivity index (χ3v) is 8.32. The molecule has 6 rings (SSSR count). The van der Waals surface area contributed by atoms with Crippen molar-refractivity contribution < 1.29 is 18.0 Å². The number of fused-ring (bicyclic) bond motifs is 2. The van der Waals surface area contributed by atoms with E-state index in [9.17, 15) is 18.0 Å². The molecule has 1 saturated carbocycles. The second kappa shape index (κ2) is 9.58. The molecule has 41 heavy (non-hydrogen) atoms. The highest BCUT2D eigenvalue weighted by molar-refractivity contribution is 7.92. The van der Waals surface area contributed by atoms with Gasteiger partial charge in [-0.25, -0.2) is 17.9 Å². The highest BCUT2D eigenvalue weighted by Crippen LogP contribution is 2.41. The van der Waals surface area contributed by atoms with E-state index in [1.165, 1.54) is 4.52 Å². The van der Waals surface area contributed by atoms with Crippen LogP contribution in [0.3, 0.4) is 0 Å². The first kappa shape index (κ1) is 26.7. The number of amides is 2. The number of carbonyl (C=O) groups excluding carboxylic acids is 2. The summed E-state index contributed by atoms with van der Waals surface area (Å²) in [6.45, 7) is 4.25. The van der Waals surface area contributed by atoms with Crippen LogP contribution < -0.4 is 15.8 Å². The van der Waals surface area contributed by atoms with E-state index in [4.69, 9.17) is 10.7 Å². The Bertz CT molecular complexity index is 1820. The maximum Gasteiger partial charge on any atom is 0.259 e. The Hall–Kier alpha value is -4.46. The fourth-order valence-electron chi connectivity index (χ4n) is 5.41. The standard InChI is InChI=1S/C27H31N9O4S/c1-14(19-11-29-34(3)12-19)30-26(37)23-24(28)32-36-8-7-20(31-25(23)36)17-9-18-13-35(15(2)16-5-6-16)27(38)22(18)21(10-17)33-41(4,39)40/h7-12,14-16,33H,5-6,13H2,1-4H3,(H2,28,32)(H,30,37)/t14-,15?/m1/s1. The molecular weight excluding hydrogens is 546 g/mol. The van der Waals surface area contributed by atoms with Crippen LogP contribution in [0, 0.1) is 5.92 Å². The minimum Gasteiger partial charge on any atom is -0.381 e. The monoisotopic (exact) mass is 577 g/mol. The summed E-state index contributed by atoms with van der Waals surface area (Å²) in [5, 5.41) is 11.3. The van der Waals surface area contributed by atoms with Crippen LogP contribution in [0.2, 0.25) is 0 Å². The van der Waals surface area contributed by atoms with E-state index in [1.54, 1.807) is 41.2 Å². The van der Waals surface area contributed by atoms with Gasteiger partial charge >= 0.3 is 0 Å². The zero-order valence-corrected chi connectivity index (χ0v) is 23.9. The summed E-state index contributed by atoms with van der Waals surface area (Å²) in [6.07, 6.45) is 8.33. The third kappa shape index (κ3) is 4.99. The van der Waals surface area contributed by atoms with E-state index in [0.29, 0.717) is 34.8 Å². The molecule has 14 heteroatoms. The number of nitrogens with two attached hydrogens (primary N) is 1. The Morgan fingerprint density at radius 1 is 1.22 bits per heavy atom. The molecule has 3 aromatic heterocycles. The van der Waals surface area contributed by atoms with Gasteiger partial charge in [-0.2, -0.15) is 5.10 Å². The first-order valence-corrected chi connectivity index (χ1v) is 15.2. The van der Waals surface area contributed by atoms with Crippen molar-refractivity contribution in [2.75, 3.05) is 16.7 Å². The number of aryl methyl sites for hydroxylation is 1. The molecule has 0 saturated heterocycles. The van der Waals surface area contributed by atoms with Gasteiger partial charge in [-0.1, -0.05) is 0 Å². The molecule has 1 aliphatic heterocycles. The van der Waals surface area contributed by atoms with Crippen LogP contribution in [0.5, 0.6) is 0 Å². The highest BCUT2D eigenvalue weighted by Gasteiger charge is 2.40. The first-order valence-electron chi connectivity index (χ1n) is 13.3. The zero-order chi connectivity index (χ0) is 29.2. The number of aromatic nitrogens is 5. The van der Waals surface area contributed by atoms with Gasteiger partial charge < -0.3 is 16.0 Å². The summed E-state index contributed by atoms with van der Waals surface area (Å²) in [4.78, 5) is 33.2. The molecule has 4 aromatic rings. The Morgan fingerprint density at radius 2 is 1.98 bits per heavy atom. The summed E-state index contributed by atoms with van der Waals surface area (Å²) < 4.78 is 30.1. The average Bonchev–Trinajstić information content (AvgIpc) is 3.44. The van der Waals surface area contributed by atoms with Crippen molar-refractivity contribution in [1.82, 2.24) is 34.6 Å². The fourth-order valence-corrected chi connectivity index (χ4v) is 5.97. The van der Waals surface area contributed by atoms with Gasteiger partial charge in [-0.15, -0.1) is 5.10 Å². The SMILES string of the molecule is CC(C1CC1)N1Cc2cc(-c3ccn4nc(N)c(C(=O)N[C@H](C)c5cnn(C)c5)c4n3)cc(NS(C)(=O)=O)c2C1=O. The highest BCUT2D eigenvalue weighted by atomic mass is 32.2. The van der Waals surface area contributed by atoms with Crippen LogP contribution in [0.25, 0.3) is 16.9 Å². The number of benzene rings is 1. The lowest BCUT2D eigenvalue weighted by Crippen LogP contribution is -2.34. The number of anilines is 2. The Kier molecular flexibility index (Phi) is 6.25. The average molecular weight is 578 g/mol. The number of nitrogens with zero attached hydrogens (tertiary/aromatic N) is 6. The van der Waals surface area contributed by atoms with Gasteiger partial charge in [0.15, 0.2) is 11.5 Å². The number of hydrogen-bond acceptors (Lipinski definition) is 8. The molecule has 0 radical (unpaired) electrons. The van der Waals surface area contributed by atoms with Crippen LogP contribution in [0.4, 0.5) is 11.5 Å². The van der Waals surface area contributed by atoms with Crippen molar-refractivity contribution in [3.8, 4) is 11.3 Å². The summed E-state index contributed by atoms with van der Waals surface area (Å²) in [5.74, 6) is -0.150. The van der Waals surface area contributed by atoms with Crippen LogP contribution in [0.15, 0.2) is 36.8 Å². The van der Waals surface area contributed by atoms with Crippen molar-refractivity contribution >= 4 is 39.0 Å². The van der Waals surface area contributed by atoms with Crippen molar-refractivity contribution in [2.45, 2.75) is 45.3 Å². The lowest BCUT2D eigenvalue weighted by molar-refractivity contribution is 0.0698. The Balaban J connectivity index is 1.39. The van der Waals surface area contributed by atoms with Crippen molar-refractivity contribution in [3.63, 3.8) is 0 Å². The van der Waals surface area contributed by atoms with E-state index in [0.717, 1.165) is 24.7 Å². The maximum absolute atomic E-state index is 13.4. The number of carbonyl (C=O) groups is 2. The van der Waals surface area contributed by atoms with Crippen LogP contribution in [0.1, 0.15) is 64.6 Å². The second-order valence-corrected chi connectivity index (χ2v) is 12.7. The van der Waals surface area contributed by atoms with Gasteiger partial charge in [0.05, 0.1) is 35.4 Å². The number of rotatable bonds is 8. The van der Waals surface area contributed by atoms with E-state index in [2.05, 4.69) is 20.2 Å². The maximum atomic E-state index is 13.4. The molecule has 1 fully saturated rings. The molecule has 1 unspecified atom stereocenters. The summed E-state index contributed by atoms with van der Waals surface area (Å²) in [6, 6.07) is 4.87. The number of sulfonamides is 1. The zero-order valence-electron chi connectivity index (χ0n) is 23.1. The van der Waals surface area contributed by atoms with Gasteiger partial charge in [0.1, 0.15) is 5.56 Å². The Morgan fingerprint density at radius 3 is 2.63 bits per heavy atom. The largest absolute Gasteiger partial charge is 0.381 e. The molecule has 0 spiro atoms. The lowest BCUT2D eigenvalue weighted by atomic mass is 10.0. The minimum absolute atomic E-state index is 0.0224. The number of nitrogen functional groups attached to an aromatic ring is 1. The topological polar surface area (TPSA) is 170 Å². The molecule has 1 aliphatic carbocycles. The smallest absolute Gasteiger partial charge is 0.259 e. The van der Waals surface area contributed by atoms with Crippen LogP contribution in [-0.4, -0.2) is 61.8 Å². The Labute approximate surface area is 236 Å². The molecule has 1 aromatic carbocycles. The molecule has 214 valence electrons. The van der Waals surface area contributed by atoms with E-state index in [-0.39, 0.29) is 40.7 Å². The van der Waals surface area contributed by atoms with Gasteiger partial charge in [0.2, 0.25) is 10.0 Å². The molecule has 13 nitrogen and oxygen atoms in total.